The summed E-state index contributed by atoms with van der Waals surface area (Å²) in [6.07, 6.45) is 0.182. The van der Waals surface area contributed by atoms with E-state index in [-0.39, 0.29) is 35.2 Å². The predicted octanol–water partition coefficient (Wildman–Crippen LogP) is 1.56. The van der Waals surface area contributed by atoms with E-state index in [0.29, 0.717) is 16.6 Å². The van der Waals surface area contributed by atoms with Crippen LogP contribution in [0.4, 0.5) is 17.3 Å². The average Bonchev–Trinajstić information content (AvgIpc) is 2.85. The van der Waals surface area contributed by atoms with E-state index in [1.807, 2.05) is 30.3 Å². The number of carbonyl (C=O) groups excluding carboxylic acids is 1. The normalized spacial score (nSPS) is 10.8. The lowest BCUT2D eigenvalue weighted by molar-refractivity contribution is -0.115. The maximum atomic E-state index is 12.8. The van der Waals surface area contributed by atoms with Crippen LogP contribution in [0.5, 0.6) is 0 Å². The lowest BCUT2D eigenvalue weighted by Gasteiger charge is -2.07. The molecule has 3 rings (SSSR count). The van der Waals surface area contributed by atoms with Crippen LogP contribution in [0.2, 0.25) is 0 Å². The number of benzene rings is 1. The standard InChI is InChI=1S/C18H21N7O2S/c1-11-16(17(27)25(24(11)2)12-6-4-3-5-7-12)23-15(26)8-9-28-18-21-13(19)10-14(20)22-18/h3-7,10H,8-9H2,1-2H3,(H,23,26)(H4,19,20,21,22). The zero-order chi connectivity index (χ0) is 20.3. The summed E-state index contributed by atoms with van der Waals surface area (Å²) in [7, 11) is 1.77. The van der Waals surface area contributed by atoms with Gasteiger partial charge >= 0.3 is 0 Å². The van der Waals surface area contributed by atoms with Gasteiger partial charge in [-0.05, 0) is 19.1 Å². The average molecular weight is 399 g/mol. The van der Waals surface area contributed by atoms with Crippen LogP contribution in [0.15, 0.2) is 46.3 Å². The van der Waals surface area contributed by atoms with Crippen molar-refractivity contribution in [1.82, 2.24) is 19.3 Å². The predicted molar refractivity (Wildman–Crippen MR) is 111 cm³/mol. The van der Waals surface area contributed by atoms with Crippen molar-refractivity contribution in [2.75, 3.05) is 22.5 Å². The first-order chi connectivity index (χ1) is 13.4. The van der Waals surface area contributed by atoms with E-state index < -0.39 is 0 Å². The first-order valence-corrected chi connectivity index (χ1v) is 9.52. The van der Waals surface area contributed by atoms with Crippen LogP contribution in [-0.4, -0.2) is 31.0 Å². The smallest absolute Gasteiger partial charge is 0.295 e. The third kappa shape index (κ3) is 4.17. The summed E-state index contributed by atoms with van der Waals surface area (Å²) in [5.41, 5.74) is 12.6. The minimum absolute atomic E-state index is 0.182. The van der Waals surface area contributed by atoms with Crippen LogP contribution in [0.3, 0.4) is 0 Å². The Balaban J connectivity index is 1.68. The molecule has 146 valence electrons. The highest BCUT2D eigenvalue weighted by Gasteiger charge is 2.18. The van der Waals surface area contributed by atoms with Gasteiger partial charge < -0.3 is 16.8 Å². The molecule has 0 atom stereocenters. The summed E-state index contributed by atoms with van der Waals surface area (Å²) in [5.74, 6) is 0.713. The number of nitrogen functional groups attached to an aromatic ring is 2. The van der Waals surface area contributed by atoms with Crippen molar-refractivity contribution >= 4 is 35.0 Å². The van der Waals surface area contributed by atoms with Gasteiger partial charge in [-0.15, -0.1) is 0 Å². The summed E-state index contributed by atoms with van der Waals surface area (Å²) in [5, 5.41) is 3.13. The van der Waals surface area contributed by atoms with Gasteiger partial charge in [0.05, 0.1) is 11.4 Å². The Hall–Kier alpha value is -3.27. The van der Waals surface area contributed by atoms with E-state index in [0.717, 1.165) is 5.69 Å². The maximum Gasteiger partial charge on any atom is 0.295 e. The Labute approximate surface area is 165 Å². The molecule has 1 amide bonds. The summed E-state index contributed by atoms with van der Waals surface area (Å²) in [4.78, 5) is 33.2. The molecule has 0 radical (unpaired) electrons. The number of thioether (sulfide) groups is 1. The molecule has 0 fully saturated rings. The highest BCUT2D eigenvalue weighted by molar-refractivity contribution is 7.99. The third-order valence-corrected chi connectivity index (χ3v) is 4.97. The molecule has 3 aromatic rings. The minimum atomic E-state index is -0.279. The molecule has 0 saturated heterocycles. The lowest BCUT2D eigenvalue weighted by Crippen LogP contribution is -2.23. The Kier molecular flexibility index (Phi) is 5.69. The molecule has 0 saturated carbocycles. The van der Waals surface area contributed by atoms with Crippen LogP contribution in [0, 0.1) is 6.92 Å². The van der Waals surface area contributed by atoms with Crippen LogP contribution in [-0.2, 0) is 11.8 Å². The third-order valence-electron chi connectivity index (χ3n) is 4.12. The zero-order valence-electron chi connectivity index (χ0n) is 15.5. The first kappa shape index (κ1) is 19.5. The van der Waals surface area contributed by atoms with Gasteiger partial charge in [-0.2, -0.15) is 0 Å². The molecule has 0 spiro atoms. The van der Waals surface area contributed by atoms with Crippen LogP contribution in [0.1, 0.15) is 12.1 Å². The van der Waals surface area contributed by atoms with Gasteiger partial charge in [0.15, 0.2) is 5.16 Å². The van der Waals surface area contributed by atoms with Gasteiger partial charge in [0.25, 0.3) is 5.56 Å². The molecule has 0 aliphatic heterocycles. The van der Waals surface area contributed by atoms with E-state index >= 15 is 0 Å². The van der Waals surface area contributed by atoms with Gasteiger partial charge in [-0.1, -0.05) is 30.0 Å². The quantitative estimate of drug-likeness (QED) is 0.423. The number of hydrogen-bond acceptors (Lipinski definition) is 7. The van der Waals surface area contributed by atoms with Gasteiger partial charge in [-0.25, -0.2) is 14.6 Å². The van der Waals surface area contributed by atoms with E-state index in [1.54, 1.807) is 18.7 Å². The Morgan fingerprint density at radius 2 is 1.82 bits per heavy atom. The summed E-state index contributed by atoms with van der Waals surface area (Å²) >= 11 is 1.27. The number of hydrogen-bond donors (Lipinski definition) is 3. The van der Waals surface area contributed by atoms with Crippen LogP contribution in [0.25, 0.3) is 5.69 Å². The van der Waals surface area contributed by atoms with Gasteiger partial charge in [-0.3, -0.25) is 14.3 Å². The minimum Gasteiger partial charge on any atom is -0.383 e. The molecule has 5 N–H and O–H groups in total. The van der Waals surface area contributed by atoms with Crippen LogP contribution >= 0.6 is 11.8 Å². The number of carbonyl (C=O) groups is 1. The number of nitrogens with one attached hydrogen (secondary N) is 1. The molecule has 0 aliphatic carbocycles. The van der Waals surface area contributed by atoms with E-state index in [2.05, 4.69) is 15.3 Å². The number of nitrogens with two attached hydrogens (primary N) is 2. The van der Waals surface area contributed by atoms with Gasteiger partial charge in [0.2, 0.25) is 5.91 Å². The molecule has 9 nitrogen and oxygen atoms in total. The second-order valence-corrected chi connectivity index (χ2v) is 7.15. The lowest BCUT2D eigenvalue weighted by atomic mass is 10.3. The molecule has 28 heavy (non-hydrogen) atoms. The fourth-order valence-electron chi connectivity index (χ4n) is 2.68. The number of rotatable bonds is 6. The molecule has 0 unspecified atom stereocenters. The van der Waals surface area contributed by atoms with Crippen molar-refractivity contribution in [2.45, 2.75) is 18.5 Å². The van der Waals surface area contributed by atoms with E-state index in [4.69, 9.17) is 11.5 Å². The molecule has 1 aromatic carbocycles. The second-order valence-electron chi connectivity index (χ2n) is 6.08. The number of amides is 1. The second kappa shape index (κ2) is 8.17. The first-order valence-electron chi connectivity index (χ1n) is 8.53. The Morgan fingerprint density at radius 1 is 1.18 bits per heavy atom. The van der Waals surface area contributed by atoms with Gasteiger partial charge in [0.1, 0.15) is 17.3 Å². The topological polar surface area (TPSA) is 134 Å². The molecular formula is C18H21N7O2S. The summed E-state index contributed by atoms with van der Waals surface area (Å²) in [6, 6.07) is 10.7. The highest BCUT2D eigenvalue weighted by Crippen LogP contribution is 2.18. The number of aromatic nitrogens is 4. The van der Waals surface area contributed by atoms with Crippen molar-refractivity contribution in [2.24, 2.45) is 7.05 Å². The van der Waals surface area contributed by atoms with Crippen LogP contribution < -0.4 is 22.3 Å². The maximum absolute atomic E-state index is 12.8. The highest BCUT2D eigenvalue weighted by atomic mass is 32.2. The SMILES string of the molecule is Cc1c(NC(=O)CCSc2nc(N)cc(N)n2)c(=O)n(-c2ccccc2)n1C. The number of para-hydroxylation sites is 1. The van der Waals surface area contributed by atoms with Gasteiger partial charge in [0, 0.05) is 25.3 Å². The molecule has 2 heterocycles. The zero-order valence-corrected chi connectivity index (χ0v) is 16.4. The Bertz CT molecular complexity index is 1040. The fourth-order valence-corrected chi connectivity index (χ4v) is 3.49. The van der Waals surface area contributed by atoms with Crippen molar-refractivity contribution < 1.29 is 4.79 Å². The Morgan fingerprint density at radius 3 is 2.46 bits per heavy atom. The molecule has 0 aliphatic rings. The monoisotopic (exact) mass is 399 g/mol. The fraction of sp³-hybridized carbons (Fsp3) is 0.222. The largest absolute Gasteiger partial charge is 0.383 e. The van der Waals surface area contributed by atoms with Crippen molar-refractivity contribution in [3.8, 4) is 5.69 Å². The van der Waals surface area contributed by atoms with E-state index in [9.17, 15) is 9.59 Å². The van der Waals surface area contributed by atoms with Crippen molar-refractivity contribution in [3.05, 3.63) is 52.4 Å². The molecule has 2 aromatic heterocycles. The van der Waals surface area contributed by atoms with Crippen molar-refractivity contribution in [1.29, 1.82) is 0 Å². The molecule has 0 bridgehead atoms. The molecular weight excluding hydrogens is 378 g/mol. The number of nitrogens with zero attached hydrogens (tertiary/aromatic N) is 4. The molecule has 10 heteroatoms. The summed E-state index contributed by atoms with van der Waals surface area (Å²) in [6.45, 7) is 1.79. The summed E-state index contributed by atoms with van der Waals surface area (Å²) < 4.78 is 3.23. The van der Waals surface area contributed by atoms with E-state index in [1.165, 1.54) is 22.5 Å². The number of anilines is 3. The van der Waals surface area contributed by atoms with Crippen molar-refractivity contribution in [3.63, 3.8) is 0 Å².